The molecule has 108 valence electrons. The standard InChI is InChI=1S/C17H17BN3O/c1-12-7-8-13-16-14(22-17(13)19-12)9-11-21(18(16)2)15-6-4-5-10-20(15)3/h4-11H,1-3H3/q+1/i1D3. The van der Waals surface area contributed by atoms with Gasteiger partial charge >= 0.3 is 6.85 Å². The minimum atomic E-state index is -2.24. The molecule has 0 atom stereocenters. The molecule has 5 heteroatoms. The van der Waals surface area contributed by atoms with Crippen LogP contribution in [0.4, 0.5) is 5.82 Å². The normalized spacial score (nSPS) is 16.4. The van der Waals surface area contributed by atoms with Gasteiger partial charge in [0, 0.05) is 32.8 Å². The molecule has 0 amide bonds. The molecule has 1 aliphatic rings. The molecule has 0 saturated carbocycles. The summed E-state index contributed by atoms with van der Waals surface area (Å²) in [6.07, 6.45) is 5.89. The van der Waals surface area contributed by atoms with Crippen molar-refractivity contribution in [1.29, 1.82) is 0 Å². The van der Waals surface area contributed by atoms with E-state index in [1.165, 1.54) is 0 Å². The second-order valence-electron chi connectivity index (χ2n) is 5.50. The Hall–Kier alpha value is -2.56. The van der Waals surface area contributed by atoms with Gasteiger partial charge in [0.1, 0.15) is 5.76 Å². The molecule has 0 bridgehead atoms. The molecule has 4 rings (SSSR count). The number of aromatic nitrogens is 2. The minimum Gasteiger partial charge on any atom is -0.439 e. The maximum absolute atomic E-state index is 7.52. The third-order valence-electron chi connectivity index (χ3n) is 4.14. The van der Waals surface area contributed by atoms with Crippen molar-refractivity contribution >= 4 is 35.3 Å². The predicted octanol–water partition coefficient (Wildman–Crippen LogP) is 2.28. The number of hydrogen-bond donors (Lipinski definition) is 0. The van der Waals surface area contributed by atoms with Crippen molar-refractivity contribution in [2.75, 3.05) is 4.81 Å². The Kier molecular flexibility index (Phi) is 2.20. The summed E-state index contributed by atoms with van der Waals surface area (Å²) in [5.74, 6) is 1.78. The lowest BCUT2D eigenvalue weighted by molar-refractivity contribution is -0.658. The lowest BCUT2D eigenvalue weighted by Crippen LogP contribution is -2.50. The van der Waals surface area contributed by atoms with Gasteiger partial charge in [-0.1, -0.05) is 6.07 Å². The van der Waals surface area contributed by atoms with E-state index in [0.717, 1.165) is 22.4 Å². The van der Waals surface area contributed by atoms with E-state index in [2.05, 4.69) is 27.3 Å². The fourth-order valence-electron chi connectivity index (χ4n) is 3.04. The van der Waals surface area contributed by atoms with E-state index in [9.17, 15) is 0 Å². The summed E-state index contributed by atoms with van der Waals surface area (Å²) in [5.41, 5.74) is 1.44. The van der Waals surface area contributed by atoms with Gasteiger partial charge in [-0.2, -0.15) is 0 Å². The highest BCUT2D eigenvalue weighted by molar-refractivity contribution is 6.79. The van der Waals surface area contributed by atoms with Crippen LogP contribution in [0.2, 0.25) is 6.82 Å². The number of nitrogens with zero attached hydrogens (tertiary/aromatic N) is 3. The van der Waals surface area contributed by atoms with E-state index < -0.39 is 6.85 Å². The van der Waals surface area contributed by atoms with Crippen LogP contribution in [0.3, 0.4) is 0 Å². The minimum absolute atomic E-state index is 0.0373. The fourth-order valence-corrected chi connectivity index (χ4v) is 3.04. The van der Waals surface area contributed by atoms with Crippen molar-refractivity contribution in [3.05, 3.63) is 54.2 Å². The first kappa shape index (κ1) is 10.2. The van der Waals surface area contributed by atoms with Gasteiger partial charge in [0.25, 0.3) is 5.82 Å². The quantitative estimate of drug-likeness (QED) is 0.510. The van der Waals surface area contributed by atoms with Crippen LogP contribution < -0.4 is 14.8 Å². The Morgan fingerprint density at radius 2 is 2.23 bits per heavy atom. The van der Waals surface area contributed by atoms with Gasteiger partial charge in [0.05, 0.1) is 19.4 Å². The van der Waals surface area contributed by atoms with Gasteiger partial charge in [-0.25, -0.2) is 9.55 Å². The van der Waals surface area contributed by atoms with Crippen LogP contribution in [0.1, 0.15) is 15.6 Å². The first-order valence-corrected chi connectivity index (χ1v) is 7.21. The van der Waals surface area contributed by atoms with Crippen molar-refractivity contribution in [3.8, 4) is 0 Å². The molecule has 0 N–H and O–H groups in total. The molecule has 0 spiro atoms. The predicted molar refractivity (Wildman–Crippen MR) is 89.1 cm³/mol. The van der Waals surface area contributed by atoms with Crippen LogP contribution in [0, 0.1) is 6.85 Å². The molecule has 0 saturated heterocycles. The molecule has 3 aromatic heterocycles. The van der Waals surface area contributed by atoms with Crippen LogP contribution in [0.25, 0.3) is 17.2 Å². The van der Waals surface area contributed by atoms with Crippen molar-refractivity contribution in [2.24, 2.45) is 7.05 Å². The van der Waals surface area contributed by atoms with Crippen molar-refractivity contribution < 1.29 is 13.1 Å². The Balaban J connectivity index is 1.83. The monoisotopic (exact) mass is 293 g/mol. The van der Waals surface area contributed by atoms with Crippen LogP contribution in [0.15, 0.2) is 47.1 Å². The Bertz CT molecular complexity index is 996. The molecule has 4 heterocycles. The van der Waals surface area contributed by atoms with E-state index >= 15 is 0 Å². The summed E-state index contributed by atoms with van der Waals surface area (Å²) >= 11 is 0. The van der Waals surface area contributed by atoms with Crippen LogP contribution in [-0.2, 0) is 7.05 Å². The van der Waals surface area contributed by atoms with Crippen molar-refractivity contribution in [3.63, 3.8) is 0 Å². The maximum atomic E-state index is 7.52. The number of rotatable bonds is 1. The second-order valence-corrected chi connectivity index (χ2v) is 5.50. The van der Waals surface area contributed by atoms with Crippen molar-refractivity contribution in [2.45, 2.75) is 13.7 Å². The first-order valence-electron chi connectivity index (χ1n) is 8.71. The summed E-state index contributed by atoms with van der Waals surface area (Å²) in [7, 11) is 2.00. The molecular weight excluding hydrogens is 273 g/mol. The summed E-state index contributed by atoms with van der Waals surface area (Å²) in [6.45, 7) is -0.107. The zero-order chi connectivity index (χ0) is 17.8. The van der Waals surface area contributed by atoms with E-state index in [-0.39, 0.29) is 12.5 Å². The number of pyridine rings is 2. The average molecular weight is 293 g/mol. The lowest BCUT2D eigenvalue weighted by Gasteiger charge is -2.21. The molecule has 1 aliphatic heterocycles. The van der Waals surface area contributed by atoms with Gasteiger partial charge in [0.2, 0.25) is 5.71 Å². The zero-order valence-corrected chi connectivity index (χ0v) is 12.4. The second kappa shape index (κ2) is 4.73. The molecule has 0 fully saturated rings. The molecule has 22 heavy (non-hydrogen) atoms. The third-order valence-corrected chi connectivity index (χ3v) is 4.14. The zero-order valence-electron chi connectivity index (χ0n) is 15.4. The average Bonchev–Trinajstić information content (AvgIpc) is 2.94. The van der Waals surface area contributed by atoms with Gasteiger partial charge < -0.3 is 4.42 Å². The number of fused-ring (bicyclic) bond motifs is 3. The Morgan fingerprint density at radius 1 is 1.32 bits per heavy atom. The van der Waals surface area contributed by atoms with Gasteiger partial charge in [0.15, 0.2) is 0 Å². The number of furan rings is 1. The molecule has 0 radical (unpaired) electrons. The molecule has 0 aromatic carbocycles. The highest BCUT2D eigenvalue weighted by Crippen LogP contribution is 2.24. The van der Waals surface area contributed by atoms with E-state index in [1.807, 2.05) is 37.7 Å². The molecule has 0 aliphatic carbocycles. The molecule has 4 nitrogen and oxygen atoms in total. The van der Waals surface area contributed by atoms with Crippen LogP contribution in [0.5, 0.6) is 0 Å². The van der Waals surface area contributed by atoms with Gasteiger partial charge in [-0.3, -0.25) is 4.81 Å². The maximum Gasteiger partial charge on any atom is 0.413 e. The molecule has 0 unspecified atom stereocenters. The van der Waals surface area contributed by atoms with Gasteiger partial charge in [-0.05, 0) is 31.9 Å². The summed E-state index contributed by atoms with van der Waals surface area (Å²) in [6, 6.07) is 9.40. The number of hydrogen-bond acceptors (Lipinski definition) is 3. The molecular formula is C17H17BN3O+. The largest absolute Gasteiger partial charge is 0.439 e. The number of aryl methyl sites for hydroxylation is 2. The van der Waals surface area contributed by atoms with Crippen LogP contribution in [-0.4, -0.2) is 11.8 Å². The summed E-state index contributed by atoms with van der Waals surface area (Å²) in [5, 5.41) is 0.850. The van der Waals surface area contributed by atoms with Gasteiger partial charge in [-0.15, -0.1) is 0 Å². The summed E-state index contributed by atoms with van der Waals surface area (Å²) < 4.78 is 30.5. The lowest BCUT2D eigenvalue weighted by atomic mass is 9.54. The van der Waals surface area contributed by atoms with E-state index in [1.54, 1.807) is 12.1 Å². The Labute approximate surface area is 134 Å². The first-order chi connectivity index (χ1) is 11.9. The van der Waals surface area contributed by atoms with E-state index in [4.69, 9.17) is 8.53 Å². The van der Waals surface area contributed by atoms with Crippen LogP contribution >= 0.6 is 0 Å². The smallest absolute Gasteiger partial charge is 0.413 e. The summed E-state index contributed by atoms with van der Waals surface area (Å²) in [4.78, 5) is 6.38. The molecule has 3 aromatic rings. The van der Waals surface area contributed by atoms with Crippen molar-refractivity contribution in [1.82, 2.24) is 4.98 Å². The highest BCUT2D eigenvalue weighted by atomic mass is 16.3. The topological polar surface area (TPSA) is 33.2 Å². The highest BCUT2D eigenvalue weighted by Gasteiger charge is 2.37. The Morgan fingerprint density at radius 3 is 3.05 bits per heavy atom. The third kappa shape index (κ3) is 1.85. The van der Waals surface area contributed by atoms with E-state index in [0.29, 0.717) is 5.71 Å². The number of anilines is 1. The SMILES string of the molecule is [2H]C([2H])([2H])c1ccc2c3c(oc2n1)C=CN(c1cccc[n+]1C)B3C. The fraction of sp³-hybridized carbons (Fsp3) is 0.176.